The van der Waals surface area contributed by atoms with Crippen molar-refractivity contribution < 1.29 is 0 Å². The molecule has 0 radical (unpaired) electrons. The van der Waals surface area contributed by atoms with Crippen LogP contribution >= 0.6 is 0 Å². The smallest absolute Gasteiger partial charge is 0.0235 e. The Hall–Kier alpha value is 0. The van der Waals surface area contributed by atoms with Gasteiger partial charge in [-0.05, 0) is 133 Å². The zero-order valence-corrected chi connectivity index (χ0v) is 25.4. The van der Waals surface area contributed by atoms with Gasteiger partial charge in [0.1, 0.15) is 0 Å². The Labute approximate surface area is 220 Å². The highest BCUT2D eigenvalue weighted by Gasteiger charge is 2.70. The van der Waals surface area contributed by atoms with Crippen molar-refractivity contribution in [2.75, 3.05) is 0 Å². The second-order valence-corrected chi connectivity index (χ2v) is 16.9. The van der Waals surface area contributed by atoms with Gasteiger partial charge in [-0.2, -0.15) is 0 Å². The molecule has 0 bridgehead atoms. The fourth-order valence-electron chi connectivity index (χ4n) is 13.6. The molecule has 5 aliphatic carbocycles. The third kappa shape index (κ3) is 3.70. The summed E-state index contributed by atoms with van der Waals surface area (Å²) in [6.45, 7) is 24.1. The summed E-state index contributed by atoms with van der Waals surface area (Å²) in [6.07, 6.45) is 20.9. The van der Waals surface area contributed by atoms with E-state index in [9.17, 15) is 0 Å². The van der Waals surface area contributed by atoms with Gasteiger partial charge in [0, 0.05) is 0 Å². The van der Waals surface area contributed by atoms with Gasteiger partial charge in [-0.1, -0.05) is 88.0 Å². The largest absolute Gasteiger partial charge is 0.0654 e. The van der Waals surface area contributed by atoms with Crippen LogP contribution in [0.2, 0.25) is 0 Å². The van der Waals surface area contributed by atoms with Crippen LogP contribution in [0.3, 0.4) is 0 Å². The van der Waals surface area contributed by atoms with E-state index < -0.39 is 0 Å². The molecule has 0 aromatic heterocycles. The Morgan fingerprint density at radius 3 is 1.97 bits per heavy atom. The summed E-state index contributed by atoms with van der Waals surface area (Å²) in [7, 11) is 0. The second kappa shape index (κ2) is 8.76. The zero-order chi connectivity index (χ0) is 25.4. The van der Waals surface area contributed by atoms with Gasteiger partial charge in [0.2, 0.25) is 0 Å². The van der Waals surface area contributed by atoms with Crippen LogP contribution in [0.15, 0.2) is 0 Å². The first-order valence-electron chi connectivity index (χ1n) is 16.3. The van der Waals surface area contributed by atoms with Crippen molar-refractivity contribution in [3.63, 3.8) is 0 Å². The predicted octanol–water partition coefficient (Wildman–Crippen LogP) is 10.9. The minimum Gasteiger partial charge on any atom is -0.0654 e. The van der Waals surface area contributed by atoms with Gasteiger partial charge in [-0.25, -0.2) is 0 Å². The van der Waals surface area contributed by atoms with Crippen LogP contribution in [0.1, 0.15) is 152 Å². The van der Waals surface area contributed by atoms with E-state index in [1.165, 1.54) is 89.9 Å². The van der Waals surface area contributed by atoms with Crippen LogP contribution < -0.4 is 0 Å². The Morgan fingerprint density at radius 2 is 1.31 bits per heavy atom. The molecule has 5 fully saturated rings. The molecule has 11 atom stereocenters. The molecule has 0 heterocycles. The Balaban J connectivity index is 1.42. The molecule has 35 heavy (non-hydrogen) atoms. The summed E-state index contributed by atoms with van der Waals surface area (Å²) < 4.78 is 0. The summed E-state index contributed by atoms with van der Waals surface area (Å²) in [5, 5.41) is 0. The normalized spacial score (nSPS) is 53.7. The Bertz CT molecular complexity index is 779. The molecule has 202 valence electrons. The number of hydrogen-bond donors (Lipinski definition) is 0. The summed E-state index contributed by atoms with van der Waals surface area (Å²) in [6, 6.07) is 0. The minimum atomic E-state index is 0.529. The molecular formula is C35H62. The van der Waals surface area contributed by atoms with Crippen LogP contribution in [0.25, 0.3) is 0 Å². The molecule has 0 N–H and O–H groups in total. The fraction of sp³-hybridized carbons (Fsp3) is 1.00. The van der Waals surface area contributed by atoms with Gasteiger partial charge in [0.25, 0.3) is 0 Å². The first-order valence-corrected chi connectivity index (χ1v) is 16.3. The van der Waals surface area contributed by atoms with Crippen LogP contribution in [-0.4, -0.2) is 0 Å². The molecular weight excluding hydrogens is 420 g/mol. The summed E-state index contributed by atoms with van der Waals surface area (Å²) in [4.78, 5) is 0. The highest BCUT2D eigenvalue weighted by Crippen LogP contribution is 2.78. The molecule has 5 rings (SSSR count). The zero-order valence-electron chi connectivity index (χ0n) is 25.4. The molecule has 0 heteroatoms. The second-order valence-electron chi connectivity index (χ2n) is 16.9. The van der Waals surface area contributed by atoms with Crippen molar-refractivity contribution in [2.24, 2.45) is 68.5 Å². The highest BCUT2D eigenvalue weighted by atomic mass is 14.7. The van der Waals surface area contributed by atoms with Gasteiger partial charge in [0.15, 0.2) is 0 Å². The van der Waals surface area contributed by atoms with Crippen LogP contribution in [0.4, 0.5) is 0 Å². The summed E-state index contributed by atoms with van der Waals surface area (Å²) in [5.41, 5.74) is 2.81. The lowest BCUT2D eigenvalue weighted by Crippen LogP contribution is -2.66. The monoisotopic (exact) mass is 482 g/mol. The van der Waals surface area contributed by atoms with E-state index in [0.29, 0.717) is 27.1 Å². The highest BCUT2D eigenvalue weighted by molar-refractivity contribution is 5.19. The van der Waals surface area contributed by atoms with Crippen molar-refractivity contribution in [2.45, 2.75) is 152 Å². The van der Waals surface area contributed by atoms with Gasteiger partial charge in [-0.15, -0.1) is 0 Å². The maximum absolute atomic E-state index is 2.84. The minimum absolute atomic E-state index is 0.529. The van der Waals surface area contributed by atoms with E-state index in [1.54, 1.807) is 0 Å². The van der Waals surface area contributed by atoms with E-state index in [-0.39, 0.29) is 0 Å². The molecule has 0 amide bonds. The fourth-order valence-corrected chi connectivity index (χ4v) is 13.6. The first kappa shape index (κ1) is 26.6. The van der Waals surface area contributed by atoms with E-state index >= 15 is 0 Å². The molecule has 0 saturated heterocycles. The number of fused-ring (bicyclic) bond motifs is 7. The van der Waals surface area contributed by atoms with Gasteiger partial charge >= 0.3 is 0 Å². The van der Waals surface area contributed by atoms with Crippen LogP contribution in [0, 0.1) is 68.5 Å². The quantitative estimate of drug-likeness (QED) is 0.342. The predicted molar refractivity (Wildman–Crippen MR) is 152 cm³/mol. The number of hydrogen-bond acceptors (Lipinski definition) is 0. The lowest BCUT2D eigenvalue weighted by Gasteiger charge is -2.73. The van der Waals surface area contributed by atoms with E-state index in [4.69, 9.17) is 0 Å². The van der Waals surface area contributed by atoms with Gasteiger partial charge in [0.05, 0.1) is 0 Å². The molecule has 0 spiro atoms. The summed E-state index contributed by atoms with van der Waals surface area (Å²) >= 11 is 0. The molecule has 2 unspecified atom stereocenters. The van der Waals surface area contributed by atoms with Crippen LogP contribution in [-0.2, 0) is 0 Å². The molecule has 0 aromatic rings. The standard InChI is InChI=1S/C35H62/c1-10-11-12-13-25(3)26-16-19-32(6)27(26)17-20-34(8)29(32)14-15-30-33(7)23-24(2)22-31(4,5)28(33)18-21-35(30,34)9/h24-30H,10-23H2,1-9H3/t24-,25?,26?,27-,28-,29+,30+,32-,33-,34+,35+/m0/s1. The van der Waals surface area contributed by atoms with E-state index in [1.807, 2.05) is 0 Å². The third-order valence-electron chi connectivity index (χ3n) is 14.9. The average molecular weight is 483 g/mol. The van der Waals surface area contributed by atoms with Crippen molar-refractivity contribution in [3.05, 3.63) is 0 Å². The van der Waals surface area contributed by atoms with Crippen LogP contribution in [0.5, 0.6) is 0 Å². The number of rotatable bonds is 5. The topological polar surface area (TPSA) is 0 Å². The van der Waals surface area contributed by atoms with Crippen molar-refractivity contribution >= 4 is 0 Å². The van der Waals surface area contributed by atoms with Crippen molar-refractivity contribution in [1.82, 2.24) is 0 Å². The van der Waals surface area contributed by atoms with Crippen molar-refractivity contribution in [3.8, 4) is 0 Å². The molecule has 0 nitrogen and oxygen atoms in total. The van der Waals surface area contributed by atoms with Gasteiger partial charge in [-0.3, -0.25) is 0 Å². The van der Waals surface area contributed by atoms with E-state index in [2.05, 4.69) is 62.3 Å². The SMILES string of the molecule is CCCCCC(C)C1CC[C@]2(C)[C@H]3CC[C@@H]4[C@@]5(C)C[C@@H](C)CC(C)(C)[C@@H]5CC[C@@]4(C)[C@]3(C)CC[C@@H]12. The maximum Gasteiger partial charge on any atom is -0.0235 e. The third-order valence-corrected chi connectivity index (χ3v) is 14.9. The molecule has 5 aliphatic rings. The Kier molecular flexibility index (Phi) is 6.66. The lowest BCUT2D eigenvalue weighted by molar-refractivity contribution is -0.245. The average Bonchev–Trinajstić information content (AvgIpc) is 3.10. The van der Waals surface area contributed by atoms with E-state index in [0.717, 1.165) is 41.4 Å². The first-order chi connectivity index (χ1) is 16.3. The Morgan fingerprint density at radius 1 is 0.686 bits per heavy atom. The molecule has 5 saturated carbocycles. The molecule has 0 aliphatic heterocycles. The van der Waals surface area contributed by atoms with Gasteiger partial charge < -0.3 is 0 Å². The summed E-state index contributed by atoms with van der Waals surface area (Å²) in [5.74, 6) is 6.73. The molecule has 0 aromatic carbocycles. The van der Waals surface area contributed by atoms with Crippen molar-refractivity contribution in [1.29, 1.82) is 0 Å². The lowest BCUT2D eigenvalue weighted by atomic mass is 9.31. The number of unbranched alkanes of at least 4 members (excludes halogenated alkanes) is 2. The maximum atomic E-state index is 2.84.